The van der Waals surface area contributed by atoms with Gasteiger partial charge in [0.25, 0.3) is 0 Å². The number of hydrogen-bond acceptors (Lipinski definition) is 2. The first-order valence-electron chi connectivity index (χ1n) is 6.40. The molecule has 0 saturated heterocycles. The molecule has 3 heteroatoms. The summed E-state index contributed by atoms with van der Waals surface area (Å²) >= 11 is 0. The van der Waals surface area contributed by atoms with Crippen LogP contribution < -0.4 is 10.6 Å². The first-order chi connectivity index (χ1) is 7.39. The van der Waals surface area contributed by atoms with Gasteiger partial charge in [-0.15, -0.1) is 0 Å². The molecule has 0 unspecified atom stereocenters. The average molecular weight is 228 g/mol. The molecular formula is C13H28N2O. The minimum atomic E-state index is -0.119. The van der Waals surface area contributed by atoms with Crippen molar-refractivity contribution in [1.82, 2.24) is 10.6 Å². The highest BCUT2D eigenvalue weighted by molar-refractivity contribution is 5.76. The van der Waals surface area contributed by atoms with Crippen molar-refractivity contribution >= 4 is 5.91 Å². The van der Waals surface area contributed by atoms with E-state index in [2.05, 4.69) is 24.5 Å². The molecule has 0 bridgehead atoms. The Labute approximate surface area is 100 Å². The van der Waals surface area contributed by atoms with Gasteiger partial charge in [0, 0.05) is 18.5 Å². The Morgan fingerprint density at radius 2 is 1.75 bits per heavy atom. The Bertz CT molecular complexity index is 193. The van der Waals surface area contributed by atoms with Crippen LogP contribution in [0.1, 0.15) is 53.9 Å². The average Bonchev–Trinajstić information content (AvgIpc) is 2.15. The van der Waals surface area contributed by atoms with Gasteiger partial charge in [-0.05, 0) is 33.2 Å². The fraction of sp³-hybridized carbons (Fsp3) is 0.923. The molecule has 96 valence electrons. The first kappa shape index (κ1) is 15.4. The van der Waals surface area contributed by atoms with E-state index >= 15 is 0 Å². The molecular weight excluding hydrogens is 200 g/mol. The predicted molar refractivity (Wildman–Crippen MR) is 69.5 cm³/mol. The summed E-state index contributed by atoms with van der Waals surface area (Å²) in [6, 6.07) is 0. The Morgan fingerprint density at radius 1 is 1.19 bits per heavy atom. The van der Waals surface area contributed by atoms with E-state index in [4.69, 9.17) is 0 Å². The van der Waals surface area contributed by atoms with Crippen LogP contribution in [0.15, 0.2) is 0 Å². The van der Waals surface area contributed by atoms with E-state index in [-0.39, 0.29) is 11.4 Å². The molecule has 0 rings (SSSR count). The molecule has 0 spiro atoms. The van der Waals surface area contributed by atoms with Crippen molar-refractivity contribution in [3.63, 3.8) is 0 Å². The van der Waals surface area contributed by atoms with Gasteiger partial charge in [-0.3, -0.25) is 4.79 Å². The molecule has 0 aromatic rings. The molecule has 0 aromatic carbocycles. The highest BCUT2D eigenvalue weighted by atomic mass is 16.1. The minimum absolute atomic E-state index is 0.119. The quantitative estimate of drug-likeness (QED) is 0.657. The predicted octanol–water partition coefficient (Wildman–Crippen LogP) is 2.32. The molecule has 3 nitrogen and oxygen atoms in total. The molecule has 16 heavy (non-hydrogen) atoms. The normalized spacial score (nSPS) is 11.9. The maximum Gasteiger partial charge on any atom is 0.221 e. The van der Waals surface area contributed by atoms with Crippen molar-refractivity contribution in [1.29, 1.82) is 0 Å². The molecule has 0 aliphatic heterocycles. The van der Waals surface area contributed by atoms with Gasteiger partial charge in [-0.2, -0.15) is 0 Å². The van der Waals surface area contributed by atoms with Gasteiger partial charge in [-0.25, -0.2) is 0 Å². The fourth-order valence-electron chi connectivity index (χ4n) is 1.57. The third-order valence-electron chi connectivity index (χ3n) is 2.63. The Hall–Kier alpha value is -0.570. The number of carbonyl (C=O) groups excluding carboxylic acids is 1. The van der Waals surface area contributed by atoms with Crippen LogP contribution in [0.5, 0.6) is 0 Å². The lowest BCUT2D eigenvalue weighted by molar-refractivity contribution is -0.122. The van der Waals surface area contributed by atoms with Gasteiger partial charge in [0.2, 0.25) is 5.91 Å². The van der Waals surface area contributed by atoms with Crippen LogP contribution >= 0.6 is 0 Å². The summed E-state index contributed by atoms with van der Waals surface area (Å²) in [5, 5.41) is 6.30. The molecule has 0 atom stereocenters. The molecule has 0 aliphatic rings. The van der Waals surface area contributed by atoms with Crippen LogP contribution in [-0.2, 0) is 4.79 Å². The number of amides is 1. The standard InChI is InChI=1S/C13H28N2O/c1-6-11(7-2)10-14-9-8-12(16)15-13(3,4)5/h11,14H,6-10H2,1-5H3,(H,15,16). The number of carbonyl (C=O) groups is 1. The topological polar surface area (TPSA) is 41.1 Å². The van der Waals surface area contributed by atoms with Crippen LogP contribution in [0, 0.1) is 5.92 Å². The summed E-state index contributed by atoms with van der Waals surface area (Å²) in [6.07, 6.45) is 2.98. The van der Waals surface area contributed by atoms with Crippen molar-refractivity contribution in [2.24, 2.45) is 5.92 Å². The maximum absolute atomic E-state index is 11.5. The van der Waals surface area contributed by atoms with E-state index in [0.29, 0.717) is 6.42 Å². The zero-order chi connectivity index (χ0) is 12.6. The second-order valence-electron chi connectivity index (χ2n) is 5.43. The Morgan fingerprint density at radius 3 is 2.19 bits per heavy atom. The monoisotopic (exact) mass is 228 g/mol. The SMILES string of the molecule is CCC(CC)CNCCC(=O)NC(C)(C)C. The van der Waals surface area contributed by atoms with Gasteiger partial charge >= 0.3 is 0 Å². The second-order valence-corrected chi connectivity index (χ2v) is 5.43. The van der Waals surface area contributed by atoms with Crippen molar-refractivity contribution in [3.8, 4) is 0 Å². The molecule has 0 radical (unpaired) electrons. The van der Waals surface area contributed by atoms with Crippen LogP contribution in [0.3, 0.4) is 0 Å². The van der Waals surface area contributed by atoms with Crippen molar-refractivity contribution in [2.45, 2.75) is 59.4 Å². The zero-order valence-corrected chi connectivity index (χ0v) is 11.5. The van der Waals surface area contributed by atoms with E-state index in [1.807, 2.05) is 20.8 Å². The summed E-state index contributed by atoms with van der Waals surface area (Å²) in [5.74, 6) is 0.871. The lowest BCUT2D eigenvalue weighted by atomic mass is 10.0. The van der Waals surface area contributed by atoms with Gasteiger partial charge in [0.15, 0.2) is 0 Å². The van der Waals surface area contributed by atoms with E-state index < -0.39 is 0 Å². The van der Waals surface area contributed by atoms with E-state index in [0.717, 1.165) is 19.0 Å². The highest BCUT2D eigenvalue weighted by Crippen LogP contribution is 2.05. The zero-order valence-electron chi connectivity index (χ0n) is 11.5. The minimum Gasteiger partial charge on any atom is -0.351 e. The van der Waals surface area contributed by atoms with Gasteiger partial charge in [-0.1, -0.05) is 26.7 Å². The lowest BCUT2D eigenvalue weighted by Crippen LogP contribution is -2.41. The summed E-state index contributed by atoms with van der Waals surface area (Å²) in [4.78, 5) is 11.5. The molecule has 2 N–H and O–H groups in total. The van der Waals surface area contributed by atoms with Crippen LogP contribution in [0.2, 0.25) is 0 Å². The summed E-state index contributed by atoms with van der Waals surface area (Å²) in [5.41, 5.74) is -0.119. The fourth-order valence-corrected chi connectivity index (χ4v) is 1.57. The summed E-state index contributed by atoms with van der Waals surface area (Å²) < 4.78 is 0. The smallest absolute Gasteiger partial charge is 0.221 e. The first-order valence-corrected chi connectivity index (χ1v) is 6.40. The van der Waals surface area contributed by atoms with Gasteiger partial charge in [0.1, 0.15) is 0 Å². The van der Waals surface area contributed by atoms with Gasteiger partial charge < -0.3 is 10.6 Å². The third-order valence-corrected chi connectivity index (χ3v) is 2.63. The number of nitrogens with one attached hydrogen (secondary N) is 2. The highest BCUT2D eigenvalue weighted by Gasteiger charge is 2.13. The van der Waals surface area contributed by atoms with Crippen molar-refractivity contribution in [3.05, 3.63) is 0 Å². The van der Waals surface area contributed by atoms with E-state index in [9.17, 15) is 4.79 Å². The lowest BCUT2D eigenvalue weighted by Gasteiger charge is -2.20. The van der Waals surface area contributed by atoms with E-state index in [1.54, 1.807) is 0 Å². The molecule has 0 fully saturated rings. The number of hydrogen-bond donors (Lipinski definition) is 2. The van der Waals surface area contributed by atoms with Gasteiger partial charge in [0.05, 0.1) is 0 Å². The Kier molecular flexibility index (Phi) is 7.39. The molecule has 1 amide bonds. The van der Waals surface area contributed by atoms with Crippen molar-refractivity contribution in [2.75, 3.05) is 13.1 Å². The third kappa shape index (κ3) is 8.72. The second kappa shape index (κ2) is 7.66. The van der Waals surface area contributed by atoms with Crippen molar-refractivity contribution < 1.29 is 4.79 Å². The Balaban J connectivity index is 3.55. The van der Waals surface area contributed by atoms with Crippen LogP contribution in [0.25, 0.3) is 0 Å². The van der Waals surface area contributed by atoms with E-state index in [1.165, 1.54) is 12.8 Å². The van der Waals surface area contributed by atoms with Crippen LogP contribution in [0.4, 0.5) is 0 Å². The number of rotatable bonds is 7. The molecule has 0 aliphatic carbocycles. The molecule has 0 aromatic heterocycles. The summed E-state index contributed by atoms with van der Waals surface area (Å²) in [7, 11) is 0. The summed E-state index contributed by atoms with van der Waals surface area (Å²) in [6.45, 7) is 12.2. The van der Waals surface area contributed by atoms with Crippen LogP contribution in [-0.4, -0.2) is 24.5 Å². The molecule has 0 heterocycles. The largest absolute Gasteiger partial charge is 0.351 e. The maximum atomic E-state index is 11.5. The molecule has 0 saturated carbocycles.